The number of halogens is 1. The van der Waals surface area contributed by atoms with Gasteiger partial charge < -0.3 is 10.1 Å². The van der Waals surface area contributed by atoms with Gasteiger partial charge in [0.25, 0.3) is 5.56 Å². The summed E-state index contributed by atoms with van der Waals surface area (Å²) in [6.45, 7) is 5.76. The third-order valence-corrected chi connectivity index (χ3v) is 5.44. The summed E-state index contributed by atoms with van der Waals surface area (Å²) >= 11 is 0. The first kappa shape index (κ1) is 25.5. The molecule has 4 rings (SSSR count). The molecule has 0 saturated heterocycles. The van der Waals surface area contributed by atoms with Crippen LogP contribution in [-0.4, -0.2) is 32.9 Å². The molecule has 0 radical (unpaired) electrons. The highest BCUT2D eigenvalue weighted by Gasteiger charge is 2.18. The van der Waals surface area contributed by atoms with E-state index >= 15 is 4.39 Å². The second-order valence-electron chi connectivity index (χ2n) is 9.46. The van der Waals surface area contributed by atoms with E-state index in [1.165, 1.54) is 4.68 Å². The number of nitrogens with zero attached hydrogens (tertiary/aromatic N) is 4. The second-order valence-corrected chi connectivity index (χ2v) is 9.46. The summed E-state index contributed by atoms with van der Waals surface area (Å²) < 4.78 is 21.8. The number of rotatable bonds is 7. The zero-order valence-electron chi connectivity index (χ0n) is 20.8. The first-order valence-corrected chi connectivity index (χ1v) is 11.8. The smallest absolute Gasteiger partial charge is 0.308 e. The molecular formula is C28H26FN5O3. The summed E-state index contributed by atoms with van der Waals surface area (Å²) in [5.41, 5.74) is 0.832. The van der Waals surface area contributed by atoms with Crippen molar-refractivity contribution in [3.05, 3.63) is 88.1 Å². The van der Waals surface area contributed by atoms with Crippen LogP contribution >= 0.6 is 0 Å². The van der Waals surface area contributed by atoms with E-state index in [0.29, 0.717) is 16.3 Å². The quantitative estimate of drug-likeness (QED) is 0.291. The number of ether oxygens (including phenoxy) is 1. The fraction of sp³-hybridized carbons (Fsp3) is 0.250. The Balaban J connectivity index is 1.62. The molecule has 0 fully saturated rings. The zero-order valence-corrected chi connectivity index (χ0v) is 20.8. The summed E-state index contributed by atoms with van der Waals surface area (Å²) in [4.78, 5) is 29.0. The molecule has 1 N–H and O–H groups in total. The maximum Gasteiger partial charge on any atom is 0.308 e. The molecule has 0 unspecified atom stereocenters. The number of hydrogen-bond donors (Lipinski definition) is 1. The van der Waals surface area contributed by atoms with E-state index in [9.17, 15) is 9.59 Å². The molecule has 0 amide bonds. The Bertz CT molecular complexity index is 1550. The summed E-state index contributed by atoms with van der Waals surface area (Å²) in [6, 6.07) is 18.9. The van der Waals surface area contributed by atoms with Crippen molar-refractivity contribution < 1.29 is 13.9 Å². The van der Waals surface area contributed by atoms with E-state index in [0.717, 1.165) is 5.56 Å². The van der Waals surface area contributed by atoms with Crippen molar-refractivity contribution in [2.45, 2.75) is 39.3 Å². The van der Waals surface area contributed by atoms with Gasteiger partial charge in [0.05, 0.1) is 35.5 Å². The van der Waals surface area contributed by atoms with Crippen LogP contribution in [0.25, 0.3) is 22.0 Å². The van der Waals surface area contributed by atoms with Crippen molar-refractivity contribution in [2.75, 3.05) is 11.9 Å². The van der Waals surface area contributed by atoms with Crippen LogP contribution in [0.1, 0.15) is 38.3 Å². The lowest BCUT2D eigenvalue weighted by molar-refractivity contribution is -0.154. The lowest BCUT2D eigenvalue weighted by Gasteiger charge is -2.19. The molecule has 0 bridgehead atoms. The van der Waals surface area contributed by atoms with Gasteiger partial charge in [-0.15, -0.1) is 0 Å². The molecule has 188 valence electrons. The number of nitriles is 1. The minimum Gasteiger partial charge on any atom is -0.460 e. The molecule has 0 saturated carbocycles. The average Bonchev–Trinajstić information content (AvgIpc) is 2.85. The highest BCUT2D eigenvalue weighted by Crippen LogP contribution is 2.27. The van der Waals surface area contributed by atoms with E-state index in [2.05, 4.69) is 21.5 Å². The number of nitrogens with one attached hydrogen (secondary N) is 1. The Labute approximate surface area is 213 Å². The Morgan fingerprint density at radius 2 is 1.78 bits per heavy atom. The normalized spacial score (nSPS) is 11.2. The molecule has 2 aromatic carbocycles. The first-order chi connectivity index (χ1) is 17.6. The highest BCUT2D eigenvalue weighted by molar-refractivity contribution is 5.93. The predicted molar refractivity (Wildman–Crippen MR) is 138 cm³/mol. The van der Waals surface area contributed by atoms with Gasteiger partial charge in [0, 0.05) is 11.9 Å². The Kier molecular flexibility index (Phi) is 7.30. The van der Waals surface area contributed by atoms with Crippen molar-refractivity contribution >= 4 is 22.6 Å². The number of carbonyl (C=O) groups is 1. The van der Waals surface area contributed by atoms with Crippen LogP contribution in [0, 0.1) is 17.3 Å². The predicted octanol–water partition coefficient (Wildman–Crippen LogP) is 4.66. The van der Waals surface area contributed by atoms with E-state index in [1.807, 2.05) is 0 Å². The summed E-state index contributed by atoms with van der Waals surface area (Å²) in [5.74, 6) is -0.860. The molecule has 0 aliphatic rings. The van der Waals surface area contributed by atoms with Gasteiger partial charge >= 0.3 is 5.97 Å². The summed E-state index contributed by atoms with van der Waals surface area (Å²) in [5, 5.41) is 17.4. The zero-order chi connectivity index (χ0) is 26.6. The summed E-state index contributed by atoms with van der Waals surface area (Å²) in [7, 11) is 0. The fourth-order valence-electron chi connectivity index (χ4n) is 3.79. The number of anilines is 1. The molecule has 8 nitrogen and oxygen atoms in total. The number of carbonyl (C=O) groups excluding carboxylic acids is 1. The van der Waals surface area contributed by atoms with Crippen LogP contribution in [0.15, 0.2) is 65.5 Å². The Morgan fingerprint density at radius 1 is 1.08 bits per heavy atom. The van der Waals surface area contributed by atoms with Crippen LogP contribution in [0.2, 0.25) is 0 Å². The molecule has 2 aromatic heterocycles. The third kappa shape index (κ3) is 6.16. The van der Waals surface area contributed by atoms with Crippen molar-refractivity contribution in [1.82, 2.24) is 14.8 Å². The number of esters is 1. The molecule has 4 aromatic rings. The summed E-state index contributed by atoms with van der Waals surface area (Å²) in [6.07, 6.45) is 0.106. The Hall–Kier alpha value is -4.58. The molecule has 0 spiro atoms. The highest BCUT2D eigenvalue weighted by atomic mass is 19.1. The SMILES string of the molecule is CC(C)(C)OC(=O)CCNc1ccc(-c2nn(Cc3ccc(C#N)cc3)c(=O)c3ccccc23)c(F)n1. The molecule has 2 heterocycles. The Morgan fingerprint density at radius 3 is 2.43 bits per heavy atom. The topological polar surface area (TPSA) is 110 Å². The maximum absolute atomic E-state index is 15.2. The lowest BCUT2D eigenvalue weighted by atomic mass is 10.1. The van der Waals surface area contributed by atoms with Crippen LogP contribution in [0.5, 0.6) is 0 Å². The first-order valence-electron chi connectivity index (χ1n) is 11.8. The minimum atomic E-state index is -0.761. The molecule has 0 aliphatic carbocycles. The van der Waals surface area contributed by atoms with E-state index in [1.54, 1.807) is 81.4 Å². The van der Waals surface area contributed by atoms with Crippen LogP contribution < -0.4 is 10.9 Å². The lowest BCUT2D eigenvalue weighted by Crippen LogP contribution is -2.25. The third-order valence-electron chi connectivity index (χ3n) is 5.44. The minimum absolute atomic E-state index is 0.106. The second kappa shape index (κ2) is 10.6. The monoisotopic (exact) mass is 499 g/mol. The van der Waals surface area contributed by atoms with Crippen LogP contribution in [-0.2, 0) is 16.1 Å². The molecular weight excluding hydrogens is 473 g/mol. The fourth-order valence-corrected chi connectivity index (χ4v) is 3.79. The number of hydrogen-bond acceptors (Lipinski definition) is 7. The van der Waals surface area contributed by atoms with Gasteiger partial charge in [-0.25, -0.2) is 9.67 Å². The van der Waals surface area contributed by atoms with Crippen LogP contribution in [0.4, 0.5) is 10.2 Å². The maximum atomic E-state index is 15.2. The number of fused-ring (bicyclic) bond motifs is 1. The van der Waals surface area contributed by atoms with Gasteiger partial charge in [0.15, 0.2) is 0 Å². The van der Waals surface area contributed by atoms with Crippen molar-refractivity contribution in [2.24, 2.45) is 0 Å². The van der Waals surface area contributed by atoms with Gasteiger partial charge in [0.2, 0.25) is 5.95 Å². The van der Waals surface area contributed by atoms with Gasteiger partial charge in [-0.3, -0.25) is 9.59 Å². The molecule has 37 heavy (non-hydrogen) atoms. The van der Waals surface area contributed by atoms with E-state index < -0.39 is 11.5 Å². The van der Waals surface area contributed by atoms with Gasteiger partial charge in [0.1, 0.15) is 17.1 Å². The van der Waals surface area contributed by atoms with Crippen molar-refractivity contribution in [1.29, 1.82) is 5.26 Å². The largest absolute Gasteiger partial charge is 0.460 e. The van der Waals surface area contributed by atoms with Crippen LogP contribution in [0.3, 0.4) is 0 Å². The number of benzene rings is 2. The number of pyridine rings is 1. The van der Waals surface area contributed by atoms with E-state index in [4.69, 9.17) is 10.00 Å². The average molecular weight is 500 g/mol. The molecule has 0 atom stereocenters. The molecule has 0 aliphatic heterocycles. The standard InChI is InChI=1S/C28H26FN5O3/c1-28(2,3)37-24(35)14-15-31-23-13-12-22(26(29)32-23)25-20-6-4-5-7-21(20)27(36)34(33-25)17-19-10-8-18(16-30)9-11-19/h4-13H,14-15,17H2,1-3H3,(H,31,32). The van der Waals surface area contributed by atoms with E-state index in [-0.39, 0.29) is 48.1 Å². The van der Waals surface area contributed by atoms with Gasteiger partial charge in [-0.1, -0.05) is 30.3 Å². The number of aromatic nitrogens is 3. The van der Waals surface area contributed by atoms with Crippen molar-refractivity contribution in [3.63, 3.8) is 0 Å². The molecule has 9 heteroatoms. The van der Waals surface area contributed by atoms with Crippen molar-refractivity contribution in [3.8, 4) is 17.3 Å². The van der Waals surface area contributed by atoms with Gasteiger partial charge in [-0.05, 0) is 56.7 Å². The van der Waals surface area contributed by atoms with Gasteiger partial charge in [-0.2, -0.15) is 14.8 Å².